The highest BCUT2D eigenvalue weighted by Gasteiger charge is 2.25. The number of carbonyl (C=O) groups is 1. The molecule has 3 N–H and O–H groups in total. The minimum absolute atomic E-state index is 0.0715. The molecular formula is C21H21FN4O4. The van der Waals surface area contributed by atoms with Crippen molar-refractivity contribution in [1.82, 2.24) is 9.55 Å². The molecule has 1 saturated heterocycles. The first-order valence-corrected chi connectivity index (χ1v) is 9.48. The number of nitrogens with zero attached hydrogens (tertiary/aromatic N) is 3. The van der Waals surface area contributed by atoms with Crippen LogP contribution in [0.4, 0.5) is 10.2 Å². The molecule has 1 unspecified atom stereocenters. The Morgan fingerprint density at radius 3 is 2.70 bits per heavy atom. The number of hydrogen-bond donors (Lipinski definition) is 2. The molecule has 1 aliphatic rings. The van der Waals surface area contributed by atoms with Gasteiger partial charge in [-0.25, -0.2) is 14.2 Å². The Hall–Kier alpha value is -3.46. The van der Waals surface area contributed by atoms with Gasteiger partial charge < -0.3 is 25.0 Å². The third kappa shape index (κ3) is 3.59. The monoisotopic (exact) mass is 412 g/mol. The molecule has 156 valence electrons. The zero-order chi connectivity index (χ0) is 21.4. The van der Waals surface area contributed by atoms with Crippen molar-refractivity contribution in [3.05, 3.63) is 63.7 Å². The van der Waals surface area contributed by atoms with Gasteiger partial charge in [-0.3, -0.25) is 4.79 Å². The molecule has 1 aliphatic heterocycles. The summed E-state index contributed by atoms with van der Waals surface area (Å²) in [5, 5.41) is 9.37. The number of fused-ring (bicyclic) bond motifs is 1. The third-order valence-corrected chi connectivity index (χ3v) is 5.25. The number of pyridine rings is 2. The molecule has 0 amide bonds. The molecule has 1 atom stereocenters. The van der Waals surface area contributed by atoms with Crippen LogP contribution in [-0.4, -0.2) is 46.9 Å². The number of nitrogens with two attached hydrogens (primary N) is 1. The molecule has 3 aromatic rings. The van der Waals surface area contributed by atoms with Crippen molar-refractivity contribution in [1.29, 1.82) is 0 Å². The molecule has 4 rings (SSSR count). The molecule has 9 heteroatoms. The van der Waals surface area contributed by atoms with Gasteiger partial charge in [-0.2, -0.15) is 0 Å². The quantitative estimate of drug-likeness (QED) is 0.658. The number of aromatic carboxylic acids is 1. The highest BCUT2D eigenvalue weighted by molar-refractivity contribution is 5.92. The number of benzene rings is 1. The maximum absolute atomic E-state index is 14.8. The van der Waals surface area contributed by atoms with E-state index >= 15 is 0 Å². The number of carboxylic acids is 1. The molecule has 0 spiro atoms. The van der Waals surface area contributed by atoms with Gasteiger partial charge in [-0.1, -0.05) is 12.1 Å². The molecule has 1 aromatic carbocycles. The average molecular weight is 412 g/mol. The summed E-state index contributed by atoms with van der Waals surface area (Å²) >= 11 is 0. The summed E-state index contributed by atoms with van der Waals surface area (Å²) in [6, 6.07) is 8.21. The van der Waals surface area contributed by atoms with Crippen LogP contribution >= 0.6 is 0 Å². The average Bonchev–Trinajstić information content (AvgIpc) is 3.16. The SMILES string of the molecule is COc1ccc(Cn2cc(C(=O)O)c(=O)c3cc(F)c(N4CCC(N)C4)nc32)cc1. The Morgan fingerprint density at radius 2 is 2.10 bits per heavy atom. The zero-order valence-corrected chi connectivity index (χ0v) is 16.3. The summed E-state index contributed by atoms with van der Waals surface area (Å²) in [7, 11) is 1.56. The number of hydrogen-bond acceptors (Lipinski definition) is 6. The van der Waals surface area contributed by atoms with Crippen molar-refractivity contribution < 1.29 is 19.0 Å². The van der Waals surface area contributed by atoms with Crippen LogP contribution in [0.5, 0.6) is 5.75 Å². The number of aromatic nitrogens is 2. The maximum Gasteiger partial charge on any atom is 0.341 e. The highest BCUT2D eigenvalue weighted by Crippen LogP contribution is 2.25. The summed E-state index contributed by atoms with van der Waals surface area (Å²) < 4.78 is 21.5. The van der Waals surface area contributed by atoms with E-state index in [1.165, 1.54) is 6.20 Å². The lowest BCUT2D eigenvalue weighted by Gasteiger charge is -2.19. The molecule has 30 heavy (non-hydrogen) atoms. The van der Waals surface area contributed by atoms with E-state index in [0.717, 1.165) is 18.1 Å². The molecule has 8 nitrogen and oxygen atoms in total. The number of rotatable bonds is 5. The Balaban J connectivity index is 1.88. The number of halogens is 1. The fourth-order valence-corrected chi connectivity index (χ4v) is 3.68. The van der Waals surface area contributed by atoms with Gasteiger partial charge in [0.15, 0.2) is 11.6 Å². The van der Waals surface area contributed by atoms with Crippen LogP contribution in [0.25, 0.3) is 11.0 Å². The Labute approximate surface area is 171 Å². The predicted octanol–water partition coefficient (Wildman–Crippen LogP) is 1.83. The van der Waals surface area contributed by atoms with Gasteiger partial charge in [0.05, 0.1) is 12.5 Å². The predicted molar refractivity (Wildman–Crippen MR) is 110 cm³/mol. The van der Waals surface area contributed by atoms with E-state index in [1.54, 1.807) is 28.7 Å². The van der Waals surface area contributed by atoms with Crippen molar-refractivity contribution in [2.75, 3.05) is 25.1 Å². The second-order valence-corrected chi connectivity index (χ2v) is 7.31. The largest absolute Gasteiger partial charge is 0.497 e. The third-order valence-electron chi connectivity index (χ3n) is 5.25. The maximum atomic E-state index is 14.8. The van der Waals surface area contributed by atoms with Gasteiger partial charge in [0, 0.05) is 31.9 Å². The topological polar surface area (TPSA) is 111 Å². The van der Waals surface area contributed by atoms with Crippen LogP contribution in [-0.2, 0) is 6.54 Å². The molecule has 1 fully saturated rings. The first kappa shape index (κ1) is 19.8. The second kappa shape index (κ2) is 7.75. The Morgan fingerprint density at radius 1 is 1.37 bits per heavy atom. The molecule has 3 heterocycles. The first-order chi connectivity index (χ1) is 14.4. The van der Waals surface area contributed by atoms with Crippen LogP contribution in [0.3, 0.4) is 0 Å². The van der Waals surface area contributed by atoms with Gasteiger partial charge in [0.2, 0.25) is 5.43 Å². The van der Waals surface area contributed by atoms with Crippen LogP contribution in [0.1, 0.15) is 22.3 Å². The fourth-order valence-electron chi connectivity index (χ4n) is 3.68. The lowest BCUT2D eigenvalue weighted by Crippen LogP contribution is -2.28. The van der Waals surface area contributed by atoms with Crippen LogP contribution in [0.15, 0.2) is 41.3 Å². The summed E-state index contributed by atoms with van der Waals surface area (Å²) in [4.78, 5) is 30.4. The normalized spacial score (nSPS) is 16.2. The summed E-state index contributed by atoms with van der Waals surface area (Å²) in [6.45, 7) is 1.27. The van der Waals surface area contributed by atoms with Gasteiger partial charge in [0.25, 0.3) is 0 Å². The summed E-state index contributed by atoms with van der Waals surface area (Å²) in [5.41, 5.74) is 5.80. The molecule has 0 radical (unpaired) electrons. The molecule has 0 saturated carbocycles. The minimum Gasteiger partial charge on any atom is -0.497 e. The molecular weight excluding hydrogens is 391 g/mol. The Kier molecular flexibility index (Phi) is 5.13. The number of ether oxygens (including phenoxy) is 1. The first-order valence-electron chi connectivity index (χ1n) is 9.48. The zero-order valence-electron chi connectivity index (χ0n) is 16.3. The van der Waals surface area contributed by atoms with Crippen molar-refractivity contribution >= 4 is 22.8 Å². The van der Waals surface area contributed by atoms with E-state index in [-0.39, 0.29) is 29.4 Å². The molecule has 0 aliphatic carbocycles. The number of methoxy groups -OCH3 is 1. The summed E-state index contributed by atoms with van der Waals surface area (Å²) in [5.74, 6) is -1.25. The van der Waals surface area contributed by atoms with E-state index < -0.39 is 22.8 Å². The van der Waals surface area contributed by atoms with Gasteiger partial charge >= 0.3 is 5.97 Å². The van der Waals surface area contributed by atoms with Crippen molar-refractivity contribution in [3.63, 3.8) is 0 Å². The standard InChI is InChI=1S/C21H21FN4O4/c1-30-14-4-2-12(3-5-14)9-26-11-16(21(28)29)18(27)15-8-17(22)20(24-19(15)26)25-7-6-13(23)10-25/h2-5,8,11,13H,6-7,9-10,23H2,1H3,(H,28,29). The van der Waals surface area contributed by atoms with Gasteiger partial charge in [0.1, 0.15) is 17.0 Å². The lowest BCUT2D eigenvalue weighted by molar-refractivity contribution is 0.0695. The number of carboxylic acid groups (broad SMARTS) is 1. The molecule has 2 aromatic heterocycles. The van der Waals surface area contributed by atoms with E-state index in [0.29, 0.717) is 18.8 Å². The lowest BCUT2D eigenvalue weighted by atomic mass is 10.1. The minimum atomic E-state index is -1.37. The Bertz CT molecular complexity index is 1180. The van der Waals surface area contributed by atoms with E-state index in [2.05, 4.69) is 4.98 Å². The van der Waals surface area contributed by atoms with Crippen LogP contribution in [0.2, 0.25) is 0 Å². The van der Waals surface area contributed by atoms with E-state index in [4.69, 9.17) is 10.5 Å². The van der Waals surface area contributed by atoms with Crippen molar-refractivity contribution in [3.8, 4) is 5.75 Å². The number of anilines is 1. The summed E-state index contributed by atoms with van der Waals surface area (Å²) in [6.07, 6.45) is 1.97. The van der Waals surface area contributed by atoms with Crippen LogP contribution < -0.4 is 20.8 Å². The van der Waals surface area contributed by atoms with Crippen molar-refractivity contribution in [2.24, 2.45) is 5.73 Å². The van der Waals surface area contributed by atoms with Gasteiger partial charge in [-0.15, -0.1) is 0 Å². The van der Waals surface area contributed by atoms with E-state index in [1.807, 2.05) is 12.1 Å². The van der Waals surface area contributed by atoms with Crippen molar-refractivity contribution in [2.45, 2.75) is 19.0 Å². The van der Waals surface area contributed by atoms with Crippen LogP contribution in [0, 0.1) is 5.82 Å². The van der Waals surface area contributed by atoms with E-state index in [9.17, 15) is 19.1 Å². The van der Waals surface area contributed by atoms with Gasteiger partial charge in [-0.05, 0) is 30.2 Å². The fraction of sp³-hybridized carbons (Fsp3) is 0.286. The second-order valence-electron chi connectivity index (χ2n) is 7.31. The molecule has 0 bridgehead atoms. The highest BCUT2D eigenvalue weighted by atomic mass is 19.1. The smallest absolute Gasteiger partial charge is 0.341 e.